The van der Waals surface area contributed by atoms with E-state index in [-0.39, 0.29) is 0 Å². The van der Waals surface area contributed by atoms with Crippen molar-refractivity contribution in [2.24, 2.45) is 0 Å². The average molecular weight is 350 g/mol. The van der Waals surface area contributed by atoms with Crippen LogP contribution >= 0.6 is 0 Å². The first kappa shape index (κ1) is 18.1. The lowest BCUT2D eigenvalue weighted by molar-refractivity contribution is 0.354. The number of likely N-dealkylation sites (N-methyl/N-ethyl adjacent to an activating group) is 1. The second kappa shape index (κ2) is 7.65. The Hall–Kier alpha value is -2.75. The molecule has 2 aromatic carbocycles. The van der Waals surface area contributed by atoms with Gasteiger partial charge in [-0.15, -0.1) is 0 Å². The van der Waals surface area contributed by atoms with E-state index >= 15 is 0 Å². The Bertz CT molecular complexity index is 921. The van der Waals surface area contributed by atoms with E-state index in [1.807, 2.05) is 12.1 Å². The lowest BCUT2D eigenvalue weighted by atomic mass is 10.1. The van der Waals surface area contributed by atoms with Crippen LogP contribution in [0.2, 0.25) is 0 Å². The van der Waals surface area contributed by atoms with Gasteiger partial charge in [-0.05, 0) is 61.2 Å². The summed E-state index contributed by atoms with van der Waals surface area (Å²) < 4.78 is 10.7. The Balaban J connectivity index is 1.78. The van der Waals surface area contributed by atoms with Crippen molar-refractivity contribution < 1.29 is 9.47 Å². The van der Waals surface area contributed by atoms with Gasteiger partial charge in [0.25, 0.3) is 0 Å². The number of hydrogen-bond acceptors (Lipinski definition) is 4. The highest BCUT2D eigenvalue weighted by molar-refractivity contribution is 5.84. The second-order valence-corrected chi connectivity index (χ2v) is 6.68. The van der Waals surface area contributed by atoms with E-state index in [2.05, 4.69) is 56.1 Å². The number of benzene rings is 2. The van der Waals surface area contributed by atoms with Gasteiger partial charge in [0.05, 0.1) is 19.7 Å². The van der Waals surface area contributed by atoms with Crippen molar-refractivity contribution in [3.05, 3.63) is 59.2 Å². The first-order valence-electron chi connectivity index (χ1n) is 8.82. The van der Waals surface area contributed by atoms with Gasteiger partial charge in [-0.2, -0.15) is 0 Å². The number of ether oxygens (including phenoxy) is 2. The third kappa shape index (κ3) is 3.74. The van der Waals surface area contributed by atoms with Gasteiger partial charge in [-0.3, -0.25) is 0 Å². The van der Waals surface area contributed by atoms with Crippen molar-refractivity contribution in [2.45, 2.75) is 20.3 Å². The first-order valence-corrected chi connectivity index (χ1v) is 8.82. The molecule has 0 aliphatic heterocycles. The van der Waals surface area contributed by atoms with Crippen molar-refractivity contribution in [3.63, 3.8) is 0 Å². The van der Waals surface area contributed by atoms with Gasteiger partial charge < -0.3 is 14.4 Å². The Kier molecular flexibility index (Phi) is 5.31. The molecule has 0 amide bonds. The van der Waals surface area contributed by atoms with Crippen LogP contribution in [0.1, 0.15) is 16.7 Å². The molecule has 3 aromatic rings. The molecule has 3 rings (SSSR count). The van der Waals surface area contributed by atoms with Crippen molar-refractivity contribution in [1.29, 1.82) is 0 Å². The lowest BCUT2D eigenvalue weighted by Gasteiger charge is -2.20. The van der Waals surface area contributed by atoms with Crippen LogP contribution < -0.4 is 14.4 Å². The lowest BCUT2D eigenvalue weighted by Crippen LogP contribution is -2.21. The van der Waals surface area contributed by atoms with Crippen molar-refractivity contribution in [1.82, 2.24) is 4.98 Å². The highest BCUT2D eigenvalue weighted by Gasteiger charge is 2.09. The Morgan fingerprint density at radius 3 is 2.42 bits per heavy atom. The maximum Gasteiger partial charge on any atom is 0.160 e. The predicted octanol–water partition coefficient (Wildman–Crippen LogP) is 4.55. The zero-order valence-electron chi connectivity index (χ0n) is 16.2. The molecule has 0 aliphatic rings. The molecule has 0 bridgehead atoms. The molecule has 0 radical (unpaired) electrons. The minimum atomic E-state index is 0.756. The number of methoxy groups -OCH3 is 2. The Labute approximate surface area is 155 Å². The second-order valence-electron chi connectivity index (χ2n) is 6.68. The van der Waals surface area contributed by atoms with E-state index in [4.69, 9.17) is 14.5 Å². The molecule has 4 heteroatoms. The molecule has 26 heavy (non-hydrogen) atoms. The summed E-state index contributed by atoms with van der Waals surface area (Å²) in [5.41, 5.74) is 4.75. The minimum Gasteiger partial charge on any atom is -0.493 e. The third-order valence-corrected chi connectivity index (χ3v) is 4.73. The van der Waals surface area contributed by atoms with Gasteiger partial charge in [0.1, 0.15) is 5.82 Å². The van der Waals surface area contributed by atoms with Crippen LogP contribution in [0.5, 0.6) is 11.5 Å². The molecule has 1 heterocycles. The monoisotopic (exact) mass is 350 g/mol. The van der Waals surface area contributed by atoms with Crippen LogP contribution in [0.25, 0.3) is 10.9 Å². The summed E-state index contributed by atoms with van der Waals surface area (Å²) in [6, 6.07) is 14.7. The number of pyridine rings is 1. The third-order valence-electron chi connectivity index (χ3n) is 4.73. The SMILES string of the molecule is COc1ccc(CCN(C)c2cc(C)c3ccc(C)cc3n2)cc1OC. The summed E-state index contributed by atoms with van der Waals surface area (Å²) in [6.07, 6.45) is 0.906. The largest absolute Gasteiger partial charge is 0.493 e. The van der Waals surface area contributed by atoms with E-state index in [1.165, 1.54) is 22.1 Å². The van der Waals surface area contributed by atoms with Crippen LogP contribution in [-0.4, -0.2) is 32.8 Å². The molecule has 0 fully saturated rings. The predicted molar refractivity (Wildman–Crippen MR) is 108 cm³/mol. The van der Waals surface area contributed by atoms with E-state index in [1.54, 1.807) is 14.2 Å². The van der Waals surface area contributed by atoms with E-state index in [9.17, 15) is 0 Å². The van der Waals surface area contributed by atoms with Crippen molar-refractivity contribution in [3.8, 4) is 11.5 Å². The molecular weight excluding hydrogens is 324 g/mol. The maximum absolute atomic E-state index is 5.39. The van der Waals surface area contributed by atoms with Crippen molar-refractivity contribution in [2.75, 3.05) is 32.7 Å². The highest BCUT2D eigenvalue weighted by atomic mass is 16.5. The normalized spacial score (nSPS) is 10.8. The number of rotatable bonds is 6. The molecule has 0 atom stereocenters. The fourth-order valence-corrected chi connectivity index (χ4v) is 3.14. The summed E-state index contributed by atoms with van der Waals surface area (Å²) in [7, 11) is 5.41. The Morgan fingerprint density at radius 2 is 1.69 bits per heavy atom. The van der Waals surface area contributed by atoms with E-state index in [0.717, 1.165) is 35.8 Å². The fourth-order valence-electron chi connectivity index (χ4n) is 3.14. The summed E-state index contributed by atoms with van der Waals surface area (Å²) in [6.45, 7) is 5.12. The average Bonchev–Trinajstić information content (AvgIpc) is 2.65. The van der Waals surface area contributed by atoms with Gasteiger partial charge in [-0.1, -0.05) is 18.2 Å². The quantitative estimate of drug-likeness (QED) is 0.653. The molecule has 0 N–H and O–H groups in total. The summed E-state index contributed by atoms with van der Waals surface area (Å²) in [5.74, 6) is 2.52. The maximum atomic E-state index is 5.39. The number of anilines is 1. The summed E-state index contributed by atoms with van der Waals surface area (Å²) >= 11 is 0. The van der Waals surface area contributed by atoms with Crippen LogP contribution in [0.3, 0.4) is 0 Å². The van der Waals surface area contributed by atoms with Gasteiger partial charge in [0, 0.05) is 19.0 Å². The molecular formula is C22H26N2O2. The number of hydrogen-bond donors (Lipinski definition) is 0. The minimum absolute atomic E-state index is 0.756. The zero-order chi connectivity index (χ0) is 18.7. The van der Waals surface area contributed by atoms with Crippen molar-refractivity contribution >= 4 is 16.7 Å². The first-order chi connectivity index (χ1) is 12.5. The number of aryl methyl sites for hydroxylation is 2. The summed E-state index contributed by atoms with van der Waals surface area (Å²) in [5, 5.41) is 1.22. The van der Waals surface area contributed by atoms with E-state index < -0.39 is 0 Å². The van der Waals surface area contributed by atoms with E-state index in [0.29, 0.717) is 0 Å². The smallest absolute Gasteiger partial charge is 0.160 e. The number of fused-ring (bicyclic) bond motifs is 1. The zero-order valence-corrected chi connectivity index (χ0v) is 16.2. The topological polar surface area (TPSA) is 34.6 Å². The van der Waals surface area contributed by atoms with Gasteiger partial charge in [0.2, 0.25) is 0 Å². The van der Waals surface area contributed by atoms with Crippen LogP contribution in [0.4, 0.5) is 5.82 Å². The number of aromatic nitrogens is 1. The van der Waals surface area contributed by atoms with Crippen LogP contribution in [0, 0.1) is 13.8 Å². The van der Waals surface area contributed by atoms with Crippen LogP contribution in [0.15, 0.2) is 42.5 Å². The van der Waals surface area contributed by atoms with Gasteiger partial charge in [0.15, 0.2) is 11.5 Å². The summed E-state index contributed by atoms with van der Waals surface area (Å²) in [4.78, 5) is 7.05. The van der Waals surface area contributed by atoms with Crippen LogP contribution in [-0.2, 0) is 6.42 Å². The number of nitrogens with zero attached hydrogens (tertiary/aromatic N) is 2. The molecule has 136 valence electrons. The molecule has 0 unspecified atom stereocenters. The molecule has 0 saturated carbocycles. The fraction of sp³-hybridized carbons (Fsp3) is 0.318. The molecule has 0 saturated heterocycles. The molecule has 1 aromatic heterocycles. The molecule has 0 spiro atoms. The van der Waals surface area contributed by atoms with Gasteiger partial charge in [-0.25, -0.2) is 4.98 Å². The van der Waals surface area contributed by atoms with Gasteiger partial charge >= 0.3 is 0 Å². The molecule has 0 aliphatic carbocycles. The highest BCUT2D eigenvalue weighted by Crippen LogP contribution is 2.28. The molecule has 4 nitrogen and oxygen atoms in total. The standard InChI is InChI=1S/C22H26N2O2/c1-15-6-8-18-16(2)13-22(23-19(18)12-15)24(3)11-10-17-7-9-20(25-4)21(14-17)26-5/h6-9,12-14H,10-11H2,1-5H3. The Morgan fingerprint density at radius 1 is 0.923 bits per heavy atom.